The van der Waals surface area contributed by atoms with Crippen molar-refractivity contribution < 1.29 is 31.2 Å². The molecule has 0 unspecified atom stereocenters. The molecule has 0 bridgehead atoms. The lowest BCUT2D eigenvalue weighted by molar-refractivity contribution is -0.137. The number of pyridine rings is 1. The highest BCUT2D eigenvalue weighted by Gasteiger charge is 2.47. The van der Waals surface area contributed by atoms with Gasteiger partial charge in [0, 0.05) is 44.1 Å². The number of anilines is 2. The van der Waals surface area contributed by atoms with E-state index < -0.39 is 33.3 Å². The maximum Gasteiger partial charge on any atom is 0.417 e. The topological polar surface area (TPSA) is 124 Å². The summed E-state index contributed by atoms with van der Waals surface area (Å²) in [6.07, 6.45) is -1.80. The number of sulfonamides is 1. The molecule has 10 nitrogen and oxygen atoms in total. The average molecular weight is 553 g/mol. The molecule has 5 rings (SSSR count). The SMILES string of the molecule is O=C1NC(=O)C2(CCN(c3ccc(S(=O)(=O)N4CCC(Nc5ccc(C(F)(F)F)cn5)CC4)cc3)CC2)N1. The number of alkyl halides is 3. The van der Waals surface area contributed by atoms with Crippen LogP contribution in [-0.2, 0) is 21.0 Å². The number of benzene rings is 1. The van der Waals surface area contributed by atoms with Gasteiger partial charge in [-0.1, -0.05) is 0 Å². The zero-order valence-electron chi connectivity index (χ0n) is 20.3. The van der Waals surface area contributed by atoms with Crippen LogP contribution in [0, 0.1) is 0 Å². The van der Waals surface area contributed by atoms with E-state index in [1.54, 1.807) is 24.3 Å². The number of imide groups is 1. The molecule has 0 atom stereocenters. The fraction of sp³-hybridized carbons (Fsp3) is 0.458. The summed E-state index contributed by atoms with van der Waals surface area (Å²) in [6.45, 7) is 1.61. The second-order valence-electron chi connectivity index (χ2n) is 9.72. The number of hydrogen-bond donors (Lipinski definition) is 3. The van der Waals surface area contributed by atoms with Crippen molar-refractivity contribution in [3.8, 4) is 0 Å². The highest BCUT2D eigenvalue weighted by atomic mass is 32.2. The number of halogens is 3. The van der Waals surface area contributed by atoms with E-state index in [-0.39, 0.29) is 29.9 Å². The smallest absolute Gasteiger partial charge is 0.371 e. The first kappa shape index (κ1) is 26.2. The Kier molecular flexibility index (Phi) is 6.71. The molecular formula is C24H27F3N6O4S. The molecule has 3 N–H and O–H groups in total. The van der Waals surface area contributed by atoms with Gasteiger partial charge in [-0.2, -0.15) is 17.5 Å². The first-order valence-electron chi connectivity index (χ1n) is 12.2. The summed E-state index contributed by atoms with van der Waals surface area (Å²) in [5.41, 5.74) is -0.871. The van der Waals surface area contributed by atoms with E-state index >= 15 is 0 Å². The normalized spacial score (nSPS) is 20.9. The van der Waals surface area contributed by atoms with Gasteiger partial charge >= 0.3 is 12.2 Å². The van der Waals surface area contributed by atoms with Crippen LogP contribution in [0.3, 0.4) is 0 Å². The molecule has 0 radical (unpaired) electrons. The molecule has 0 aliphatic carbocycles. The molecule has 0 saturated carbocycles. The van der Waals surface area contributed by atoms with Crippen molar-refractivity contribution >= 4 is 33.5 Å². The lowest BCUT2D eigenvalue weighted by Gasteiger charge is -2.38. The maximum atomic E-state index is 13.2. The van der Waals surface area contributed by atoms with Gasteiger partial charge in [0.25, 0.3) is 5.91 Å². The summed E-state index contributed by atoms with van der Waals surface area (Å²) < 4.78 is 66.0. The summed E-state index contributed by atoms with van der Waals surface area (Å²) in [5.74, 6) is 0.00709. The van der Waals surface area contributed by atoms with E-state index in [9.17, 15) is 31.2 Å². The molecule has 3 aliphatic heterocycles. The Balaban J connectivity index is 1.15. The van der Waals surface area contributed by atoms with Crippen molar-refractivity contribution in [2.45, 2.75) is 48.3 Å². The van der Waals surface area contributed by atoms with E-state index in [0.717, 1.165) is 18.0 Å². The molecule has 204 valence electrons. The summed E-state index contributed by atoms with van der Waals surface area (Å²) in [7, 11) is -3.71. The van der Waals surface area contributed by atoms with Crippen LogP contribution in [0.25, 0.3) is 0 Å². The Hall–Kier alpha value is -3.39. The third-order valence-corrected chi connectivity index (χ3v) is 9.28. The Morgan fingerprint density at radius 1 is 0.974 bits per heavy atom. The van der Waals surface area contributed by atoms with Crippen molar-refractivity contribution in [2.24, 2.45) is 0 Å². The quantitative estimate of drug-likeness (QED) is 0.487. The Morgan fingerprint density at radius 3 is 2.16 bits per heavy atom. The van der Waals surface area contributed by atoms with Crippen LogP contribution >= 0.6 is 0 Å². The Morgan fingerprint density at radius 2 is 1.63 bits per heavy atom. The molecule has 3 fully saturated rings. The summed E-state index contributed by atoms with van der Waals surface area (Å²) in [5, 5.41) is 8.09. The summed E-state index contributed by atoms with van der Waals surface area (Å²) in [6, 6.07) is 8.26. The molecule has 1 aromatic carbocycles. The molecule has 1 aromatic heterocycles. The van der Waals surface area contributed by atoms with Crippen molar-refractivity contribution in [3.63, 3.8) is 0 Å². The van der Waals surface area contributed by atoms with Crippen molar-refractivity contribution in [3.05, 3.63) is 48.2 Å². The number of nitrogens with one attached hydrogen (secondary N) is 3. The lowest BCUT2D eigenvalue weighted by atomic mass is 9.87. The van der Waals surface area contributed by atoms with E-state index in [4.69, 9.17) is 0 Å². The van der Waals surface area contributed by atoms with Crippen LogP contribution in [0.1, 0.15) is 31.2 Å². The minimum atomic E-state index is -4.45. The maximum absolute atomic E-state index is 13.2. The molecule has 1 spiro atoms. The summed E-state index contributed by atoms with van der Waals surface area (Å²) in [4.78, 5) is 29.7. The van der Waals surface area contributed by atoms with Crippen molar-refractivity contribution in [1.29, 1.82) is 0 Å². The van der Waals surface area contributed by atoms with Gasteiger partial charge in [0.1, 0.15) is 11.4 Å². The highest BCUT2D eigenvalue weighted by molar-refractivity contribution is 7.89. The third-order valence-electron chi connectivity index (χ3n) is 7.37. The van der Waals surface area contributed by atoms with Gasteiger partial charge in [0.05, 0.1) is 10.5 Å². The van der Waals surface area contributed by atoms with Crippen molar-refractivity contribution in [2.75, 3.05) is 36.4 Å². The molecule has 3 amide bonds. The number of aromatic nitrogens is 1. The number of hydrogen-bond acceptors (Lipinski definition) is 7. The minimum absolute atomic E-state index is 0.109. The number of rotatable bonds is 5. The van der Waals surface area contributed by atoms with E-state index in [1.807, 2.05) is 4.90 Å². The second-order valence-corrected chi connectivity index (χ2v) is 11.7. The largest absolute Gasteiger partial charge is 0.417 e. The van der Waals surface area contributed by atoms with E-state index in [0.29, 0.717) is 44.6 Å². The number of amides is 3. The van der Waals surface area contributed by atoms with Gasteiger partial charge < -0.3 is 15.5 Å². The minimum Gasteiger partial charge on any atom is -0.371 e. The molecule has 2 aromatic rings. The zero-order chi connectivity index (χ0) is 27.1. The van der Waals surface area contributed by atoms with Crippen LogP contribution in [0.4, 0.5) is 29.5 Å². The third kappa shape index (κ3) is 5.14. The van der Waals surface area contributed by atoms with Gasteiger partial charge in [0.2, 0.25) is 10.0 Å². The monoisotopic (exact) mass is 552 g/mol. The standard InChI is InChI=1S/C24H27F3N6O4S/c25-24(26,27)16-1-6-20(28-15-16)29-17-7-11-33(12-8-17)38(36,37)19-4-2-18(3-5-19)32-13-9-23(10-14-32)21(34)30-22(35)31-23/h1-6,15,17H,7-14H2,(H,28,29)(H2,30,31,34,35). The molecule has 4 heterocycles. The average Bonchev–Trinajstić information content (AvgIpc) is 3.16. The Labute approximate surface area is 217 Å². The van der Waals surface area contributed by atoms with Gasteiger partial charge in [-0.25, -0.2) is 18.2 Å². The number of carbonyl (C=O) groups excluding carboxylic acids is 2. The number of urea groups is 1. The molecule has 3 aliphatic rings. The predicted molar refractivity (Wildman–Crippen MR) is 132 cm³/mol. The predicted octanol–water partition coefficient (Wildman–Crippen LogP) is 2.54. The molecule has 3 saturated heterocycles. The van der Waals surface area contributed by atoms with E-state index in [1.165, 1.54) is 10.4 Å². The second kappa shape index (κ2) is 9.73. The zero-order valence-corrected chi connectivity index (χ0v) is 21.1. The molecule has 38 heavy (non-hydrogen) atoms. The fourth-order valence-electron chi connectivity index (χ4n) is 5.10. The van der Waals surface area contributed by atoms with E-state index in [2.05, 4.69) is 20.9 Å². The number of nitrogens with zero attached hydrogens (tertiary/aromatic N) is 3. The first-order chi connectivity index (χ1) is 18.0. The highest BCUT2D eigenvalue weighted by Crippen LogP contribution is 2.31. The number of piperidine rings is 2. The first-order valence-corrected chi connectivity index (χ1v) is 13.7. The van der Waals surface area contributed by atoms with Gasteiger partial charge in [-0.3, -0.25) is 10.1 Å². The Bertz CT molecular complexity index is 1300. The molecular weight excluding hydrogens is 525 g/mol. The van der Waals surface area contributed by atoms with Crippen LogP contribution in [-0.4, -0.2) is 67.4 Å². The van der Waals surface area contributed by atoms with Crippen LogP contribution in [0.2, 0.25) is 0 Å². The van der Waals surface area contributed by atoms with Crippen LogP contribution < -0.4 is 20.9 Å². The lowest BCUT2D eigenvalue weighted by Crippen LogP contribution is -2.54. The van der Waals surface area contributed by atoms with Crippen LogP contribution in [0.15, 0.2) is 47.5 Å². The number of carbonyl (C=O) groups is 2. The molecule has 14 heteroatoms. The van der Waals surface area contributed by atoms with Crippen LogP contribution in [0.5, 0.6) is 0 Å². The summed E-state index contributed by atoms with van der Waals surface area (Å²) >= 11 is 0. The van der Waals surface area contributed by atoms with Gasteiger partial charge in [-0.15, -0.1) is 0 Å². The van der Waals surface area contributed by atoms with Gasteiger partial charge in [-0.05, 0) is 62.1 Å². The van der Waals surface area contributed by atoms with Crippen molar-refractivity contribution in [1.82, 2.24) is 19.9 Å². The fourth-order valence-corrected chi connectivity index (χ4v) is 6.57. The van der Waals surface area contributed by atoms with Gasteiger partial charge in [0.15, 0.2) is 0 Å².